The van der Waals surface area contributed by atoms with Crippen molar-refractivity contribution in [3.8, 4) is 12.3 Å². The summed E-state index contributed by atoms with van der Waals surface area (Å²) >= 11 is 0. The van der Waals surface area contributed by atoms with Crippen molar-refractivity contribution in [2.24, 2.45) is 5.73 Å². The highest BCUT2D eigenvalue weighted by molar-refractivity contribution is 5.85. The molecule has 0 spiro atoms. The molecule has 1 aliphatic rings. The highest BCUT2D eigenvalue weighted by Gasteiger charge is 2.00. The first-order valence-electron chi connectivity index (χ1n) is 4.14. The Bertz CT molecular complexity index is 238. The van der Waals surface area contributed by atoms with Gasteiger partial charge < -0.3 is 10.6 Å². The summed E-state index contributed by atoms with van der Waals surface area (Å²) in [7, 11) is 0. The fraction of sp³-hybridized carbons (Fsp3) is 0.400. The number of nitrogens with two attached hydrogens (primary N) is 1. The van der Waals surface area contributed by atoms with Crippen LogP contribution < -0.4 is 5.73 Å². The molecule has 0 fully saturated rings. The van der Waals surface area contributed by atoms with E-state index in [-0.39, 0.29) is 12.4 Å². The van der Waals surface area contributed by atoms with Gasteiger partial charge in [-0.2, -0.15) is 0 Å². The van der Waals surface area contributed by atoms with Gasteiger partial charge in [0.25, 0.3) is 0 Å². The Morgan fingerprint density at radius 3 is 2.92 bits per heavy atom. The third-order valence-electron chi connectivity index (χ3n) is 1.81. The third kappa shape index (κ3) is 4.49. The van der Waals surface area contributed by atoms with Gasteiger partial charge in [0.05, 0.1) is 0 Å². The van der Waals surface area contributed by atoms with Crippen LogP contribution in [-0.2, 0) is 0 Å². The average Bonchev–Trinajstić information content (AvgIpc) is 2.09. The second kappa shape index (κ2) is 6.45. The van der Waals surface area contributed by atoms with Crippen LogP contribution >= 0.6 is 12.4 Å². The molecule has 1 rings (SSSR count). The van der Waals surface area contributed by atoms with Crippen LogP contribution in [0.4, 0.5) is 0 Å². The van der Waals surface area contributed by atoms with E-state index in [1.807, 2.05) is 18.4 Å². The minimum absolute atomic E-state index is 0. The monoisotopic (exact) mass is 198 g/mol. The Balaban J connectivity index is 0.00000144. The van der Waals surface area contributed by atoms with Gasteiger partial charge >= 0.3 is 0 Å². The zero-order valence-corrected chi connectivity index (χ0v) is 8.39. The first kappa shape index (κ1) is 11.9. The van der Waals surface area contributed by atoms with Crippen molar-refractivity contribution < 1.29 is 0 Å². The van der Waals surface area contributed by atoms with Crippen molar-refractivity contribution >= 4 is 12.4 Å². The molecule has 0 saturated carbocycles. The van der Waals surface area contributed by atoms with Crippen LogP contribution in [0.3, 0.4) is 0 Å². The maximum absolute atomic E-state index is 5.57. The number of halogens is 1. The fourth-order valence-electron chi connectivity index (χ4n) is 1.09. The Labute approximate surface area is 85.9 Å². The number of allylic oxidation sites excluding steroid dienone is 1. The molecule has 2 N–H and O–H groups in total. The molecule has 3 heteroatoms. The molecule has 0 atom stereocenters. The zero-order valence-electron chi connectivity index (χ0n) is 7.57. The smallest absolute Gasteiger partial charge is 0.0376 e. The van der Waals surface area contributed by atoms with Crippen LogP contribution in [0.25, 0.3) is 0 Å². The van der Waals surface area contributed by atoms with Crippen molar-refractivity contribution in [2.45, 2.75) is 12.8 Å². The molecule has 72 valence electrons. The van der Waals surface area contributed by atoms with Gasteiger partial charge in [-0.15, -0.1) is 24.8 Å². The normalized spacial score (nSPS) is 14.4. The lowest BCUT2D eigenvalue weighted by atomic mass is 10.2. The summed E-state index contributed by atoms with van der Waals surface area (Å²) in [6, 6.07) is 0. The van der Waals surface area contributed by atoms with E-state index in [2.05, 4.69) is 10.8 Å². The van der Waals surface area contributed by atoms with Gasteiger partial charge in [0.15, 0.2) is 0 Å². The van der Waals surface area contributed by atoms with Crippen LogP contribution in [0.15, 0.2) is 24.0 Å². The number of terminal acetylenes is 1. The molecule has 0 radical (unpaired) electrons. The molecule has 1 heterocycles. The SMILES string of the molecule is C#CCCCN1C=CC(N)=CC1.Cl. The molecule has 0 aromatic heterocycles. The number of hydrogen-bond acceptors (Lipinski definition) is 2. The predicted molar refractivity (Wildman–Crippen MR) is 58.3 cm³/mol. The summed E-state index contributed by atoms with van der Waals surface area (Å²) in [5.41, 5.74) is 6.42. The van der Waals surface area contributed by atoms with E-state index in [1.165, 1.54) is 0 Å². The predicted octanol–water partition coefficient (Wildman–Crippen LogP) is 1.49. The van der Waals surface area contributed by atoms with E-state index in [9.17, 15) is 0 Å². The van der Waals surface area contributed by atoms with Crippen molar-refractivity contribution in [2.75, 3.05) is 13.1 Å². The molecule has 13 heavy (non-hydrogen) atoms. The first-order chi connectivity index (χ1) is 5.83. The summed E-state index contributed by atoms with van der Waals surface area (Å²) in [5, 5.41) is 0. The lowest BCUT2D eigenvalue weighted by Gasteiger charge is -2.20. The Kier molecular flexibility index (Phi) is 5.92. The van der Waals surface area contributed by atoms with Crippen molar-refractivity contribution in [1.29, 1.82) is 0 Å². The number of nitrogens with zero attached hydrogens (tertiary/aromatic N) is 1. The van der Waals surface area contributed by atoms with Gasteiger partial charge in [-0.25, -0.2) is 0 Å². The minimum Gasteiger partial charge on any atom is -0.399 e. The van der Waals surface area contributed by atoms with E-state index in [0.29, 0.717) is 0 Å². The average molecular weight is 199 g/mol. The number of hydrogen-bond donors (Lipinski definition) is 1. The van der Waals surface area contributed by atoms with Crippen molar-refractivity contribution in [3.05, 3.63) is 24.0 Å². The summed E-state index contributed by atoms with van der Waals surface area (Å²) in [5.74, 6) is 2.63. The van der Waals surface area contributed by atoms with Crippen LogP contribution in [0.5, 0.6) is 0 Å². The number of rotatable bonds is 3. The zero-order chi connectivity index (χ0) is 8.81. The van der Waals surface area contributed by atoms with Gasteiger partial charge in [0, 0.05) is 31.4 Å². The first-order valence-corrected chi connectivity index (χ1v) is 4.14. The van der Waals surface area contributed by atoms with Crippen LogP contribution in [0, 0.1) is 12.3 Å². The lowest BCUT2D eigenvalue weighted by Crippen LogP contribution is -2.22. The van der Waals surface area contributed by atoms with Gasteiger partial charge in [-0.1, -0.05) is 0 Å². The minimum atomic E-state index is 0. The standard InChI is InChI=1S/C10H14N2.ClH/c1-2-3-4-7-12-8-5-10(11)6-9-12;/h1,5-6,8H,3-4,7,9,11H2;1H. The molecule has 0 unspecified atom stereocenters. The van der Waals surface area contributed by atoms with Gasteiger partial charge in [-0.05, 0) is 18.6 Å². The maximum Gasteiger partial charge on any atom is 0.0376 e. The van der Waals surface area contributed by atoms with E-state index >= 15 is 0 Å². The second-order valence-corrected chi connectivity index (χ2v) is 2.82. The maximum atomic E-state index is 5.57. The van der Waals surface area contributed by atoms with Crippen molar-refractivity contribution in [1.82, 2.24) is 4.90 Å². The van der Waals surface area contributed by atoms with E-state index < -0.39 is 0 Å². The Hall–Kier alpha value is -1.07. The molecule has 0 aliphatic carbocycles. The topological polar surface area (TPSA) is 29.3 Å². The molecule has 0 aromatic carbocycles. The van der Waals surface area contributed by atoms with Crippen LogP contribution in [0.2, 0.25) is 0 Å². The summed E-state index contributed by atoms with van der Waals surface area (Å²) in [6.07, 6.45) is 13.0. The summed E-state index contributed by atoms with van der Waals surface area (Å²) < 4.78 is 0. The molecule has 2 nitrogen and oxygen atoms in total. The molecule has 0 aromatic rings. The molecule has 1 aliphatic heterocycles. The quantitative estimate of drug-likeness (QED) is 0.550. The number of unbranched alkanes of at least 4 members (excludes halogenated alkanes) is 1. The van der Waals surface area contributed by atoms with E-state index in [0.717, 1.165) is 31.6 Å². The Morgan fingerprint density at radius 1 is 1.62 bits per heavy atom. The molecule has 0 amide bonds. The van der Waals surface area contributed by atoms with Crippen LogP contribution in [-0.4, -0.2) is 18.0 Å². The van der Waals surface area contributed by atoms with Crippen LogP contribution in [0.1, 0.15) is 12.8 Å². The van der Waals surface area contributed by atoms with Crippen molar-refractivity contribution in [3.63, 3.8) is 0 Å². The van der Waals surface area contributed by atoms with E-state index in [4.69, 9.17) is 12.2 Å². The highest BCUT2D eigenvalue weighted by atomic mass is 35.5. The third-order valence-corrected chi connectivity index (χ3v) is 1.81. The summed E-state index contributed by atoms with van der Waals surface area (Å²) in [6.45, 7) is 1.93. The van der Waals surface area contributed by atoms with Gasteiger partial charge in [-0.3, -0.25) is 0 Å². The van der Waals surface area contributed by atoms with E-state index in [1.54, 1.807) is 0 Å². The summed E-state index contributed by atoms with van der Waals surface area (Å²) in [4.78, 5) is 2.20. The molecule has 0 saturated heterocycles. The van der Waals surface area contributed by atoms with Gasteiger partial charge in [0.1, 0.15) is 0 Å². The highest BCUT2D eigenvalue weighted by Crippen LogP contribution is 2.03. The lowest BCUT2D eigenvalue weighted by molar-refractivity contribution is 0.404. The molecular weight excluding hydrogens is 184 g/mol. The molecule has 0 bridgehead atoms. The van der Waals surface area contributed by atoms with Gasteiger partial charge in [0.2, 0.25) is 0 Å². The largest absolute Gasteiger partial charge is 0.399 e. The molecular formula is C10H15ClN2. The Morgan fingerprint density at radius 2 is 2.38 bits per heavy atom. The second-order valence-electron chi connectivity index (χ2n) is 2.82. The fourth-order valence-corrected chi connectivity index (χ4v) is 1.09.